The number of carbonyl (C=O) groups excluding carboxylic acids is 2. The van der Waals surface area contributed by atoms with Gasteiger partial charge in [0.25, 0.3) is 5.91 Å². The van der Waals surface area contributed by atoms with E-state index in [2.05, 4.69) is 5.10 Å². The molecule has 20 heavy (non-hydrogen) atoms. The van der Waals surface area contributed by atoms with Crippen LogP contribution in [0.4, 0.5) is 5.69 Å². The molecule has 0 aliphatic carbocycles. The molecule has 0 aromatic carbocycles. The molecule has 1 saturated heterocycles. The Morgan fingerprint density at radius 2 is 1.95 bits per heavy atom. The molecule has 0 radical (unpaired) electrons. The van der Waals surface area contributed by atoms with Crippen LogP contribution in [-0.2, 0) is 11.3 Å². The van der Waals surface area contributed by atoms with E-state index in [1.54, 1.807) is 16.5 Å². The molecular formula is C13H21N5O2. The number of aryl methyl sites for hydroxylation is 2. The highest BCUT2D eigenvalue weighted by Crippen LogP contribution is 2.22. The normalized spacial score (nSPS) is 16.4. The summed E-state index contributed by atoms with van der Waals surface area (Å²) in [6.45, 7) is 5.36. The molecule has 1 aliphatic rings. The van der Waals surface area contributed by atoms with E-state index in [4.69, 9.17) is 11.5 Å². The number of hydrogen-bond acceptors (Lipinski definition) is 4. The molecule has 0 bridgehead atoms. The highest BCUT2D eigenvalue weighted by molar-refractivity contribution is 5.98. The van der Waals surface area contributed by atoms with E-state index >= 15 is 0 Å². The lowest BCUT2D eigenvalue weighted by atomic mass is 9.96. The number of rotatable bonds is 3. The van der Waals surface area contributed by atoms with E-state index < -0.39 is 0 Å². The van der Waals surface area contributed by atoms with Crippen molar-refractivity contribution in [3.8, 4) is 0 Å². The topological polar surface area (TPSA) is 107 Å². The fourth-order valence-corrected chi connectivity index (χ4v) is 2.57. The van der Waals surface area contributed by atoms with E-state index in [0.29, 0.717) is 49.6 Å². The minimum absolute atomic E-state index is 0.118. The molecule has 1 aliphatic heterocycles. The summed E-state index contributed by atoms with van der Waals surface area (Å²) in [7, 11) is 0. The van der Waals surface area contributed by atoms with Crippen LogP contribution in [0.5, 0.6) is 0 Å². The first-order chi connectivity index (χ1) is 9.45. The Balaban J connectivity index is 2.15. The first-order valence-electron chi connectivity index (χ1n) is 6.87. The van der Waals surface area contributed by atoms with Crippen LogP contribution in [0.2, 0.25) is 0 Å². The van der Waals surface area contributed by atoms with Gasteiger partial charge in [-0.05, 0) is 26.7 Å². The van der Waals surface area contributed by atoms with Crippen LogP contribution in [0.1, 0.15) is 35.9 Å². The van der Waals surface area contributed by atoms with Gasteiger partial charge in [0, 0.05) is 25.6 Å². The van der Waals surface area contributed by atoms with Crippen molar-refractivity contribution in [2.45, 2.75) is 33.2 Å². The van der Waals surface area contributed by atoms with Crippen LogP contribution in [-0.4, -0.2) is 39.6 Å². The molecule has 2 heterocycles. The zero-order valence-corrected chi connectivity index (χ0v) is 11.9. The van der Waals surface area contributed by atoms with Crippen molar-refractivity contribution < 1.29 is 9.59 Å². The fraction of sp³-hybridized carbons (Fsp3) is 0.615. The lowest BCUT2D eigenvalue weighted by molar-refractivity contribution is -0.123. The Kier molecular flexibility index (Phi) is 3.96. The predicted octanol–water partition coefficient (Wildman–Crippen LogP) is 0.131. The van der Waals surface area contributed by atoms with Gasteiger partial charge in [0.2, 0.25) is 5.91 Å². The lowest BCUT2D eigenvalue weighted by Gasteiger charge is -2.30. The number of piperidine rings is 1. The van der Waals surface area contributed by atoms with E-state index in [1.165, 1.54) is 0 Å². The minimum Gasteiger partial charge on any atom is -0.395 e. The maximum absolute atomic E-state index is 12.6. The Morgan fingerprint density at radius 1 is 1.35 bits per heavy atom. The Hall–Kier alpha value is -2.05. The number of amides is 2. The van der Waals surface area contributed by atoms with Crippen molar-refractivity contribution in [2.24, 2.45) is 11.7 Å². The summed E-state index contributed by atoms with van der Waals surface area (Å²) in [5.41, 5.74) is 12.8. The number of aromatic nitrogens is 2. The summed E-state index contributed by atoms with van der Waals surface area (Å²) in [6.07, 6.45) is 1.22. The minimum atomic E-state index is -0.286. The van der Waals surface area contributed by atoms with Crippen molar-refractivity contribution in [1.29, 1.82) is 0 Å². The predicted molar refractivity (Wildman–Crippen MR) is 74.9 cm³/mol. The number of hydrogen-bond donors (Lipinski definition) is 2. The van der Waals surface area contributed by atoms with Gasteiger partial charge < -0.3 is 16.4 Å². The number of carbonyl (C=O) groups is 2. The van der Waals surface area contributed by atoms with Crippen LogP contribution in [0.3, 0.4) is 0 Å². The number of likely N-dealkylation sites (tertiary alicyclic amines) is 1. The monoisotopic (exact) mass is 279 g/mol. The van der Waals surface area contributed by atoms with E-state index in [-0.39, 0.29) is 17.7 Å². The number of anilines is 1. The third-order valence-electron chi connectivity index (χ3n) is 3.86. The maximum atomic E-state index is 12.6. The first kappa shape index (κ1) is 14.4. The van der Waals surface area contributed by atoms with E-state index in [0.717, 1.165) is 0 Å². The van der Waals surface area contributed by atoms with Crippen molar-refractivity contribution in [3.63, 3.8) is 0 Å². The molecule has 1 aromatic heterocycles. The number of nitrogens with two attached hydrogens (primary N) is 2. The molecule has 110 valence electrons. The lowest BCUT2D eigenvalue weighted by Crippen LogP contribution is -2.42. The highest BCUT2D eigenvalue weighted by Gasteiger charge is 2.29. The standard InChI is InChI=1S/C13H21N5O2/c1-3-18-11(10(14)8(2)16-18)13(20)17-6-4-9(5-7-17)12(15)19/h9H,3-7,14H2,1-2H3,(H2,15,19). The highest BCUT2D eigenvalue weighted by atomic mass is 16.2. The molecule has 1 fully saturated rings. The Bertz CT molecular complexity index is 529. The quantitative estimate of drug-likeness (QED) is 0.820. The second kappa shape index (κ2) is 5.52. The van der Waals surface area contributed by atoms with Crippen LogP contribution >= 0.6 is 0 Å². The second-order valence-corrected chi connectivity index (χ2v) is 5.13. The van der Waals surface area contributed by atoms with Gasteiger partial charge in [-0.2, -0.15) is 5.10 Å². The van der Waals surface area contributed by atoms with Gasteiger partial charge in [-0.15, -0.1) is 0 Å². The van der Waals surface area contributed by atoms with Gasteiger partial charge in [0.15, 0.2) is 0 Å². The van der Waals surface area contributed by atoms with Crippen molar-refractivity contribution in [3.05, 3.63) is 11.4 Å². The van der Waals surface area contributed by atoms with Gasteiger partial charge in [0.1, 0.15) is 5.69 Å². The molecule has 2 rings (SSSR count). The van der Waals surface area contributed by atoms with Crippen LogP contribution in [0, 0.1) is 12.8 Å². The summed E-state index contributed by atoms with van der Waals surface area (Å²) < 4.78 is 1.63. The average Bonchev–Trinajstić information content (AvgIpc) is 2.73. The summed E-state index contributed by atoms with van der Waals surface area (Å²) in [5.74, 6) is -0.534. The molecule has 0 spiro atoms. The summed E-state index contributed by atoms with van der Waals surface area (Å²) >= 11 is 0. The van der Waals surface area contributed by atoms with Crippen LogP contribution in [0.15, 0.2) is 0 Å². The summed E-state index contributed by atoms with van der Waals surface area (Å²) in [5, 5.41) is 4.26. The Morgan fingerprint density at radius 3 is 2.45 bits per heavy atom. The van der Waals surface area contributed by atoms with Crippen molar-refractivity contribution in [2.75, 3.05) is 18.8 Å². The maximum Gasteiger partial charge on any atom is 0.274 e. The molecule has 0 atom stereocenters. The van der Waals surface area contributed by atoms with E-state index in [9.17, 15) is 9.59 Å². The Labute approximate surface area is 117 Å². The molecule has 0 unspecified atom stereocenters. The largest absolute Gasteiger partial charge is 0.395 e. The average molecular weight is 279 g/mol. The van der Waals surface area contributed by atoms with Crippen LogP contribution < -0.4 is 11.5 Å². The number of nitrogen functional groups attached to an aromatic ring is 1. The number of primary amides is 1. The van der Waals surface area contributed by atoms with E-state index in [1.807, 2.05) is 6.92 Å². The van der Waals surface area contributed by atoms with Crippen molar-refractivity contribution >= 4 is 17.5 Å². The molecule has 4 N–H and O–H groups in total. The SMILES string of the molecule is CCn1nc(C)c(N)c1C(=O)N1CCC(C(N)=O)CC1. The molecule has 0 saturated carbocycles. The molecule has 1 aromatic rings. The smallest absolute Gasteiger partial charge is 0.274 e. The third kappa shape index (κ3) is 2.48. The third-order valence-corrected chi connectivity index (χ3v) is 3.86. The molecule has 2 amide bonds. The van der Waals surface area contributed by atoms with Crippen LogP contribution in [0.25, 0.3) is 0 Å². The van der Waals surface area contributed by atoms with Gasteiger partial charge in [-0.3, -0.25) is 14.3 Å². The first-order valence-corrected chi connectivity index (χ1v) is 6.87. The van der Waals surface area contributed by atoms with Crippen molar-refractivity contribution in [1.82, 2.24) is 14.7 Å². The van der Waals surface area contributed by atoms with Gasteiger partial charge in [-0.25, -0.2) is 0 Å². The zero-order valence-electron chi connectivity index (χ0n) is 11.9. The van der Waals surface area contributed by atoms with Gasteiger partial charge in [-0.1, -0.05) is 0 Å². The summed E-state index contributed by atoms with van der Waals surface area (Å²) in [4.78, 5) is 25.4. The summed E-state index contributed by atoms with van der Waals surface area (Å²) in [6, 6.07) is 0. The van der Waals surface area contributed by atoms with Gasteiger partial charge in [0.05, 0.1) is 11.4 Å². The molecular weight excluding hydrogens is 258 g/mol. The number of nitrogens with zero attached hydrogens (tertiary/aromatic N) is 3. The fourth-order valence-electron chi connectivity index (χ4n) is 2.57. The molecule has 7 nitrogen and oxygen atoms in total. The van der Waals surface area contributed by atoms with Gasteiger partial charge >= 0.3 is 0 Å². The molecule has 7 heteroatoms. The second-order valence-electron chi connectivity index (χ2n) is 5.13. The zero-order chi connectivity index (χ0) is 14.9.